The Morgan fingerprint density at radius 3 is 2.12 bits per heavy atom. The van der Waals surface area contributed by atoms with Gasteiger partial charge in [0.05, 0.1) is 6.61 Å². The molecule has 0 aliphatic carbocycles. The smallest absolute Gasteiger partial charge is 0.394 e. The molecule has 2 saturated heterocycles. The molecule has 26 heavy (non-hydrogen) atoms. The molecule has 10 atom stereocenters. The lowest BCUT2D eigenvalue weighted by Gasteiger charge is -2.43. The number of hydrogen-bond acceptors (Lipinski definition) is 12. The van der Waals surface area contributed by atoms with Gasteiger partial charge in [-0.05, 0) is 0 Å². The van der Waals surface area contributed by atoms with Crippen LogP contribution in [0.25, 0.3) is 0 Å². The van der Waals surface area contributed by atoms with Crippen LogP contribution in [0.1, 0.15) is 0 Å². The van der Waals surface area contributed by atoms with Gasteiger partial charge >= 0.3 is 8.25 Å². The van der Waals surface area contributed by atoms with Gasteiger partial charge in [0.15, 0.2) is 6.29 Å². The number of ether oxygens (including phenoxy) is 3. The first-order valence-electron chi connectivity index (χ1n) is 7.59. The van der Waals surface area contributed by atoms with Crippen LogP contribution in [0.3, 0.4) is 0 Å². The van der Waals surface area contributed by atoms with E-state index in [1.54, 1.807) is 0 Å². The Morgan fingerprint density at radius 2 is 1.62 bits per heavy atom. The summed E-state index contributed by atoms with van der Waals surface area (Å²) in [5.41, 5.74) is 0. The largest absolute Gasteiger partial charge is 0.694 e. The molecular formula is C12H22O13P+. The third-order valence-electron chi connectivity index (χ3n) is 4.24. The van der Waals surface area contributed by atoms with E-state index < -0.39 is 82.9 Å². The predicted octanol–water partition coefficient (Wildman–Crippen LogP) is -4.72. The summed E-state index contributed by atoms with van der Waals surface area (Å²) in [6, 6.07) is 0. The van der Waals surface area contributed by atoms with Gasteiger partial charge in [-0.1, -0.05) is 0 Å². The second kappa shape index (κ2) is 8.75. The molecule has 152 valence electrons. The van der Waals surface area contributed by atoms with Crippen molar-refractivity contribution >= 4 is 8.25 Å². The molecule has 13 nitrogen and oxygen atoms in total. The Bertz CT molecular complexity index is 494. The Kier molecular flexibility index (Phi) is 7.38. The summed E-state index contributed by atoms with van der Waals surface area (Å²) in [5, 5.41) is 68.3. The minimum absolute atomic E-state index is 0.645. The van der Waals surface area contributed by atoms with Crippen LogP contribution in [0.4, 0.5) is 0 Å². The predicted molar refractivity (Wildman–Crippen MR) is 77.3 cm³/mol. The lowest BCUT2D eigenvalue weighted by Crippen LogP contribution is -2.62. The Hall–Kier alpha value is -0.380. The van der Waals surface area contributed by atoms with E-state index >= 15 is 0 Å². The van der Waals surface area contributed by atoms with E-state index in [1.807, 2.05) is 0 Å². The van der Waals surface area contributed by atoms with Gasteiger partial charge in [-0.25, -0.2) is 0 Å². The Labute approximate surface area is 147 Å². The van der Waals surface area contributed by atoms with E-state index in [0.29, 0.717) is 0 Å². The molecule has 0 amide bonds. The van der Waals surface area contributed by atoms with Crippen molar-refractivity contribution in [2.24, 2.45) is 0 Å². The zero-order valence-electron chi connectivity index (χ0n) is 13.3. The number of aliphatic hydroxyl groups excluding tert-OH is 7. The average molecular weight is 405 g/mol. The number of aliphatic hydroxyl groups is 7. The van der Waals surface area contributed by atoms with Crippen LogP contribution in [0, 0.1) is 0 Å². The molecule has 0 aromatic rings. The van der Waals surface area contributed by atoms with Gasteiger partial charge in [-0.3, -0.25) is 0 Å². The van der Waals surface area contributed by atoms with E-state index in [2.05, 4.69) is 4.52 Å². The van der Waals surface area contributed by atoms with Crippen LogP contribution in [-0.4, -0.2) is 115 Å². The van der Waals surface area contributed by atoms with Gasteiger partial charge in [0.2, 0.25) is 5.79 Å². The number of rotatable bonds is 7. The Morgan fingerprint density at radius 1 is 0.962 bits per heavy atom. The molecule has 14 heteroatoms. The zero-order valence-corrected chi connectivity index (χ0v) is 14.2. The van der Waals surface area contributed by atoms with Crippen molar-refractivity contribution in [2.45, 2.75) is 54.8 Å². The van der Waals surface area contributed by atoms with E-state index in [9.17, 15) is 35.2 Å². The van der Waals surface area contributed by atoms with E-state index in [1.165, 1.54) is 0 Å². The minimum Gasteiger partial charge on any atom is -0.394 e. The van der Waals surface area contributed by atoms with Crippen LogP contribution in [0.5, 0.6) is 0 Å². The Balaban J connectivity index is 2.16. The summed E-state index contributed by atoms with van der Waals surface area (Å²) >= 11 is 0. The maximum atomic E-state index is 10.6. The highest BCUT2D eigenvalue weighted by molar-refractivity contribution is 7.32. The van der Waals surface area contributed by atoms with Gasteiger partial charge in [0.25, 0.3) is 0 Å². The normalized spacial score (nSPS) is 47.2. The molecular weight excluding hydrogens is 383 g/mol. The molecule has 2 rings (SSSR count). The van der Waals surface area contributed by atoms with E-state index in [0.717, 1.165) is 0 Å². The second-order valence-corrected chi connectivity index (χ2v) is 6.64. The average Bonchev–Trinajstić information content (AvgIpc) is 2.86. The highest BCUT2D eigenvalue weighted by Gasteiger charge is 2.58. The summed E-state index contributed by atoms with van der Waals surface area (Å²) < 4.78 is 30.6. The minimum atomic E-state index is -3.02. The molecule has 0 radical (unpaired) electrons. The van der Waals surface area contributed by atoms with Crippen molar-refractivity contribution in [3.05, 3.63) is 0 Å². The van der Waals surface area contributed by atoms with Crippen LogP contribution >= 0.6 is 8.25 Å². The van der Waals surface area contributed by atoms with Crippen LogP contribution < -0.4 is 0 Å². The van der Waals surface area contributed by atoms with Gasteiger partial charge in [0, 0.05) is 4.57 Å². The first kappa shape index (κ1) is 21.9. The molecule has 2 fully saturated rings. The van der Waals surface area contributed by atoms with Crippen molar-refractivity contribution in [3.63, 3.8) is 0 Å². The first-order chi connectivity index (χ1) is 12.2. The molecule has 0 bridgehead atoms. The van der Waals surface area contributed by atoms with E-state index in [-0.39, 0.29) is 0 Å². The maximum Gasteiger partial charge on any atom is 0.694 e. The number of hydrogen-bond donors (Lipinski definition) is 8. The summed E-state index contributed by atoms with van der Waals surface area (Å²) in [7, 11) is -3.02. The van der Waals surface area contributed by atoms with E-state index in [4.69, 9.17) is 24.2 Å². The third-order valence-corrected chi connectivity index (χ3v) is 4.61. The van der Waals surface area contributed by atoms with Gasteiger partial charge in [-0.15, -0.1) is 9.42 Å². The fourth-order valence-corrected chi connectivity index (χ4v) is 3.03. The molecule has 0 aromatic heterocycles. The zero-order chi connectivity index (χ0) is 19.6. The highest BCUT2D eigenvalue weighted by Crippen LogP contribution is 2.36. The highest BCUT2D eigenvalue weighted by atomic mass is 31.1. The van der Waals surface area contributed by atoms with Gasteiger partial charge in [-0.2, -0.15) is 0 Å². The molecule has 1 unspecified atom stereocenters. The lowest BCUT2D eigenvalue weighted by atomic mass is 9.99. The van der Waals surface area contributed by atoms with Crippen molar-refractivity contribution in [3.8, 4) is 0 Å². The fourth-order valence-electron chi connectivity index (χ4n) is 2.76. The fraction of sp³-hybridized carbons (Fsp3) is 1.00. The monoisotopic (exact) mass is 405 g/mol. The van der Waals surface area contributed by atoms with Crippen molar-refractivity contribution < 1.29 is 63.9 Å². The maximum absolute atomic E-state index is 10.6. The van der Waals surface area contributed by atoms with Crippen LogP contribution in [0.2, 0.25) is 0 Å². The molecule has 2 aliphatic heterocycles. The van der Waals surface area contributed by atoms with Crippen molar-refractivity contribution in [2.75, 3.05) is 19.8 Å². The standard InChI is InChI=1S/C12H21O13P/c13-1-4-7(16)10(19)12(3-14,24-4)25-11-9(18)8(17)6(15)5(23-11)2-22-26(20)21/h4-11,13-19H,1-3H2/p+1/t4-,5-,6-,7-,8+,9-,10+,11-,12+/m1/s1. The van der Waals surface area contributed by atoms with Crippen molar-refractivity contribution in [1.29, 1.82) is 0 Å². The SMILES string of the molecule is O=[P+](O)OC[C@H]1O[C@H](O[C@]2(CO)O[C@H](CO)[C@@H](O)[C@@H]2O)[C@H](O)[C@@H](O)[C@@H]1O. The quantitative estimate of drug-likeness (QED) is 0.187. The van der Waals surface area contributed by atoms with Gasteiger partial charge < -0.3 is 50.0 Å². The molecule has 0 saturated carbocycles. The first-order valence-corrected chi connectivity index (χ1v) is 8.72. The van der Waals surface area contributed by atoms with Gasteiger partial charge in [0.1, 0.15) is 55.9 Å². The summed E-state index contributed by atoms with van der Waals surface area (Å²) in [4.78, 5) is 8.65. The lowest BCUT2D eigenvalue weighted by molar-refractivity contribution is -0.383. The summed E-state index contributed by atoms with van der Waals surface area (Å²) in [6.07, 6.45) is -13.4. The van der Waals surface area contributed by atoms with Crippen LogP contribution in [-0.2, 0) is 23.3 Å². The molecule has 2 aliphatic rings. The molecule has 8 N–H and O–H groups in total. The summed E-state index contributed by atoms with van der Waals surface area (Å²) in [5.74, 6) is -2.30. The topological polar surface area (TPSA) is 216 Å². The summed E-state index contributed by atoms with van der Waals surface area (Å²) in [6.45, 7) is -2.37. The third kappa shape index (κ3) is 4.20. The van der Waals surface area contributed by atoms with Crippen molar-refractivity contribution in [1.82, 2.24) is 0 Å². The molecule has 2 heterocycles. The molecule has 0 spiro atoms. The molecule has 0 aromatic carbocycles. The second-order valence-electron chi connectivity index (χ2n) is 5.91. The van der Waals surface area contributed by atoms with Crippen LogP contribution in [0.15, 0.2) is 0 Å².